The van der Waals surface area contributed by atoms with Crippen molar-refractivity contribution >= 4 is 59.3 Å². The summed E-state index contributed by atoms with van der Waals surface area (Å²) in [6.45, 7) is 7.65. The lowest BCUT2D eigenvalue weighted by Gasteiger charge is -2.29. The van der Waals surface area contributed by atoms with E-state index in [0.717, 1.165) is 30.8 Å². The minimum atomic E-state index is -0.470. The summed E-state index contributed by atoms with van der Waals surface area (Å²) in [6.07, 6.45) is 9.90. The van der Waals surface area contributed by atoms with Crippen molar-refractivity contribution in [2.75, 3.05) is 11.5 Å². The number of rotatable bonds is 0. The van der Waals surface area contributed by atoms with Crippen LogP contribution in [-0.2, 0) is 61.9 Å². The molecule has 15 heteroatoms. The predicted molar refractivity (Wildman–Crippen MR) is 171 cm³/mol. The van der Waals surface area contributed by atoms with Crippen LogP contribution in [0.3, 0.4) is 0 Å². The molecule has 10 fully saturated rings. The zero-order valence-electron chi connectivity index (χ0n) is 26.7. The van der Waals surface area contributed by atoms with Crippen LogP contribution in [0.5, 0.6) is 0 Å². The summed E-state index contributed by atoms with van der Waals surface area (Å²) in [5, 5.41) is 0. The number of esters is 6. The number of carbonyl (C=O) groups is 6. The van der Waals surface area contributed by atoms with Gasteiger partial charge in [-0.25, -0.2) is 9.59 Å². The molecule has 13 rings (SSSR count). The van der Waals surface area contributed by atoms with Gasteiger partial charge in [-0.05, 0) is 31.6 Å². The fourth-order valence-electron chi connectivity index (χ4n) is 9.72. The van der Waals surface area contributed by atoms with Crippen LogP contribution in [-0.4, -0.2) is 83.9 Å². The molecule has 10 aliphatic heterocycles. The number of fused-ring (bicyclic) bond motifs is 12. The van der Waals surface area contributed by atoms with E-state index in [1.54, 1.807) is 0 Å². The molecule has 3 saturated carbocycles. The van der Waals surface area contributed by atoms with Crippen LogP contribution >= 0.6 is 23.5 Å². The number of ether oxygens (including phenoxy) is 7. The van der Waals surface area contributed by atoms with Gasteiger partial charge in [0.25, 0.3) is 0 Å². The van der Waals surface area contributed by atoms with Gasteiger partial charge in [0.15, 0.2) is 0 Å². The Bertz CT molecular complexity index is 1590. The monoisotopic (exact) mass is 726 g/mol. The Morgan fingerprint density at radius 1 is 0.520 bits per heavy atom. The largest absolute Gasteiger partial charge is 0.431 e. The fraction of sp³-hybridized carbons (Fsp3) is 0.600. The molecule has 10 heterocycles. The standard InChI is InChI=1S/C12H14O3.C9H10O3.C8H6O4.C6H4O3S2/c1-5-8-6-3-2-4-7(11-10(6)15-11)9(8)12(13)14-5;1-4-7-5-2-3-6(12-5)8(7)9(10)11-4;9-7-5-3-1-2-4(11-3)6(5)8(10)12-7;7-5-3-4(6(8)9-5)11-2-1-10-3/h6-11H,1-4H2;5-8H,1-3H2;1-6H;1-2H2. The number of hydrogen-bond donors (Lipinski definition) is 0. The molecular weight excluding hydrogens is 693 g/mol. The Morgan fingerprint density at radius 2 is 1.02 bits per heavy atom. The van der Waals surface area contributed by atoms with E-state index in [1.165, 1.54) is 36.4 Å². The first-order valence-electron chi connectivity index (χ1n) is 17.1. The van der Waals surface area contributed by atoms with Crippen molar-refractivity contribution in [2.45, 2.75) is 68.7 Å². The summed E-state index contributed by atoms with van der Waals surface area (Å²) in [5.74, 6) is 1.74. The molecular formula is C35H34O13S2. The van der Waals surface area contributed by atoms with Crippen molar-refractivity contribution in [3.63, 3.8) is 0 Å². The normalized spacial score (nSPS) is 45.4. The Balaban J connectivity index is 0.0000000904. The molecule has 0 aromatic rings. The highest BCUT2D eigenvalue weighted by molar-refractivity contribution is 8.11. The van der Waals surface area contributed by atoms with Gasteiger partial charge in [-0.3, -0.25) is 19.2 Å². The van der Waals surface area contributed by atoms with Crippen molar-refractivity contribution in [1.29, 1.82) is 0 Å². The Kier molecular flexibility index (Phi) is 7.95. The minimum absolute atomic E-state index is 0.0313. The van der Waals surface area contributed by atoms with Crippen LogP contribution in [0, 0.1) is 47.3 Å². The molecule has 3 aliphatic carbocycles. The van der Waals surface area contributed by atoms with Gasteiger partial charge in [0, 0.05) is 23.3 Å². The Labute approximate surface area is 294 Å². The van der Waals surface area contributed by atoms with Crippen LogP contribution in [0.1, 0.15) is 32.1 Å². The zero-order chi connectivity index (χ0) is 34.6. The first kappa shape index (κ1) is 32.7. The SMILES string of the molecule is C=C1OC(=O)C2C3CCC(O3)C12.C=C1OC(=O)C2C3CCCC(C4OC34)C12.O=C1OC(=O)C2=C1SCCS2.O=C1OC(=O)C2C3C=CC(O3)C12. The molecule has 0 amide bonds. The highest BCUT2D eigenvalue weighted by Crippen LogP contribution is 2.60. The second kappa shape index (κ2) is 12.2. The number of cyclic esters (lactones) is 6. The van der Waals surface area contributed by atoms with E-state index < -0.39 is 23.9 Å². The molecule has 6 bridgehead atoms. The summed E-state index contributed by atoms with van der Waals surface area (Å²) in [7, 11) is 0. The molecule has 0 aromatic heterocycles. The smallest absolute Gasteiger partial charge is 0.353 e. The quantitative estimate of drug-likeness (QED) is 0.117. The zero-order valence-corrected chi connectivity index (χ0v) is 28.4. The van der Waals surface area contributed by atoms with Crippen molar-refractivity contribution in [2.24, 2.45) is 47.3 Å². The molecule has 14 atom stereocenters. The van der Waals surface area contributed by atoms with Gasteiger partial charge in [0.2, 0.25) is 0 Å². The van der Waals surface area contributed by atoms with E-state index in [2.05, 4.69) is 22.6 Å². The third kappa shape index (κ3) is 5.09. The van der Waals surface area contributed by atoms with Gasteiger partial charge in [0.1, 0.15) is 33.2 Å². The maximum atomic E-state index is 11.8. The number of thioether (sulfide) groups is 2. The van der Waals surface area contributed by atoms with Crippen LogP contribution in [0.15, 0.2) is 46.6 Å². The van der Waals surface area contributed by atoms with Crippen LogP contribution in [0.2, 0.25) is 0 Å². The fourth-order valence-corrected chi connectivity index (χ4v) is 11.9. The van der Waals surface area contributed by atoms with Crippen LogP contribution < -0.4 is 0 Å². The number of hydrogen-bond acceptors (Lipinski definition) is 15. The first-order valence-corrected chi connectivity index (χ1v) is 19.1. The molecule has 50 heavy (non-hydrogen) atoms. The molecule has 13 aliphatic rings. The van der Waals surface area contributed by atoms with Gasteiger partial charge in [-0.1, -0.05) is 31.7 Å². The maximum Gasteiger partial charge on any atom is 0.353 e. The van der Waals surface area contributed by atoms with Crippen molar-refractivity contribution < 1.29 is 61.9 Å². The Morgan fingerprint density at radius 3 is 1.60 bits per heavy atom. The lowest BCUT2D eigenvalue weighted by Crippen LogP contribution is -2.38. The van der Waals surface area contributed by atoms with Crippen molar-refractivity contribution in [3.8, 4) is 0 Å². The molecule has 7 saturated heterocycles. The molecule has 13 nitrogen and oxygen atoms in total. The highest BCUT2D eigenvalue weighted by atomic mass is 32.2. The van der Waals surface area contributed by atoms with E-state index in [4.69, 9.17) is 23.7 Å². The summed E-state index contributed by atoms with van der Waals surface area (Å²) in [6, 6.07) is 0. The van der Waals surface area contributed by atoms with Gasteiger partial charge in [-0.2, -0.15) is 0 Å². The average Bonchev–Trinajstić information content (AvgIpc) is 3.75. The Hall–Kier alpha value is -3.24. The van der Waals surface area contributed by atoms with Gasteiger partial charge in [0.05, 0.1) is 54.4 Å². The van der Waals surface area contributed by atoms with E-state index in [-0.39, 0.29) is 71.9 Å². The molecule has 0 radical (unpaired) electrons. The van der Waals surface area contributed by atoms with Gasteiger partial charge >= 0.3 is 35.8 Å². The van der Waals surface area contributed by atoms with Gasteiger partial charge < -0.3 is 33.2 Å². The summed E-state index contributed by atoms with van der Waals surface area (Å²) in [4.78, 5) is 68.1. The average molecular weight is 727 g/mol. The molecule has 264 valence electrons. The topological polar surface area (TPSA) is 170 Å². The lowest BCUT2D eigenvalue weighted by molar-refractivity contribution is -0.157. The van der Waals surface area contributed by atoms with Gasteiger partial charge in [-0.15, -0.1) is 23.5 Å². The van der Waals surface area contributed by atoms with Crippen molar-refractivity contribution in [1.82, 2.24) is 0 Å². The molecule has 14 unspecified atom stereocenters. The molecule has 0 aromatic carbocycles. The third-order valence-electron chi connectivity index (χ3n) is 11.8. The van der Waals surface area contributed by atoms with Crippen molar-refractivity contribution in [3.05, 3.63) is 46.6 Å². The summed E-state index contributed by atoms with van der Waals surface area (Å²) >= 11 is 2.82. The highest BCUT2D eigenvalue weighted by Gasteiger charge is 2.66. The maximum absolute atomic E-state index is 11.8. The van der Waals surface area contributed by atoms with E-state index in [1.807, 2.05) is 12.2 Å². The third-order valence-corrected chi connectivity index (χ3v) is 14.3. The summed E-state index contributed by atoms with van der Waals surface area (Å²) in [5.41, 5.74) is 0. The minimum Gasteiger partial charge on any atom is -0.431 e. The molecule has 0 spiro atoms. The second-order valence-electron chi connectivity index (χ2n) is 14.3. The predicted octanol–water partition coefficient (Wildman–Crippen LogP) is 2.74. The number of epoxide rings is 1. The lowest BCUT2D eigenvalue weighted by atomic mass is 9.68. The summed E-state index contributed by atoms with van der Waals surface area (Å²) < 4.78 is 35.8. The number of allylic oxidation sites excluding steroid dienone is 1. The first-order chi connectivity index (χ1) is 24.1. The number of carbonyl (C=O) groups excluding carboxylic acids is 6. The second-order valence-corrected chi connectivity index (χ2v) is 16.5. The molecule has 0 N–H and O–H groups in total. The van der Waals surface area contributed by atoms with Crippen LogP contribution in [0.4, 0.5) is 0 Å². The van der Waals surface area contributed by atoms with Crippen LogP contribution in [0.25, 0.3) is 0 Å². The van der Waals surface area contributed by atoms with E-state index >= 15 is 0 Å². The van der Waals surface area contributed by atoms with E-state index in [9.17, 15) is 28.8 Å². The van der Waals surface area contributed by atoms with E-state index in [0.29, 0.717) is 45.4 Å².